The van der Waals surface area contributed by atoms with E-state index in [0.29, 0.717) is 19.8 Å². The van der Waals surface area contributed by atoms with E-state index in [9.17, 15) is 13.9 Å². The number of nitrogens with one attached hydrogen (secondary N) is 1. The zero-order chi connectivity index (χ0) is 15.0. The molecule has 1 aromatic carbocycles. The second kappa shape index (κ2) is 8.97. The molecule has 2 N–H and O–H groups in total. The van der Waals surface area contributed by atoms with Crippen LogP contribution in [0.4, 0.5) is 8.78 Å². The van der Waals surface area contributed by atoms with Gasteiger partial charge in [0.2, 0.25) is 0 Å². The van der Waals surface area contributed by atoms with Crippen molar-refractivity contribution in [2.45, 2.75) is 6.10 Å². The molecule has 0 saturated heterocycles. The molecule has 0 saturated carbocycles. The van der Waals surface area contributed by atoms with Gasteiger partial charge >= 0.3 is 0 Å². The van der Waals surface area contributed by atoms with Gasteiger partial charge in [0, 0.05) is 25.2 Å². The predicted octanol–water partition coefficient (Wildman–Crippen LogP) is 1.17. The van der Waals surface area contributed by atoms with Gasteiger partial charge in [-0.2, -0.15) is 0 Å². The molecule has 1 unspecified atom stereocenters. The molecule has 20 heavy (non-hydrogen) atoms. The molecule has 1 rings (SSSR count). The molecule has 6 heteroatoms. The normalized spacial score (nSPS) is 12.9. The minimum atomic E-state index is -1.08. The Balaban J connectivity index is 2.20. The highest BCUT2D eigenvalue weighted by molar-refractivity contribution is 5.21. The molecule has 0 aliphatic carbocycles. The van der Waals surface area contributed by atoms with E-state index < -0.39 is 17.7 Å². The average molecular weight is 288 g/mol. The number of rotatable bonds is 9. The first-order valence-corrected chi connectivity index (χ1v) is 6.57. The van der Waals surface area contributed by atoms with E-state index in [1.54, 1.807) is 0 Å². The summed E-state index contributed by atoms with van der Waals surface area (Å²) >= 11 is 0. The minimum absolute atomic E-state index is 0.0361. The number of likely N-dealkylation sites (N-methyl/N-ethyl adjacent to an activating group) is 1. The van der Waals surface area contributed by atoms with E-state index in [1.165, 1.54) is 0 Å². The minimum Gasteiger partial charge on any atom is -0.387 e. The summed E-state index contributed by atoms with van der Waals surface area (Å²) in [6.45, 7) is 2.68. The Kier molecular flexibility index (Phi) is 7.61. The van der Waals surface area contributed by atoms with Crippen molar-refractivity contribution in [3.8, 4) is 0 Å². The monoisotopic (exact) mass is 288 g/mol. The molecule has 0 aromatic heterocycles. The molecule has 0 spiro atoms. The van der Waals surface area contributed by atoms with Gasteiger partial charge in [-0.15, -0.1) is 0 Å². The van der Waals surface area contributed by atoms with Crippen LogP contribution in [0, 0.1) is 11.6 Å². The van der Waals surface area contributed by atoms with Crippen LogP contribution in [0.15, 0.2) is 18.2 Å². The Bertz CT molecular complexity index is 403. The van der Waals surface area contributed by atoms with Crippen LogP contribution in [0.1, 0.15) is 11.7 Å². The predicted molar refractivity (Wildman–Crippen MR) is 73.6 cm³/mol. The molecule has 1 atom stereocenters. The number of hydrogen-bond acceptors (Lipinski definition) is 4. The second-order valence-corrected chi connectivity index (χ2v) is 4.80. The van der Waals surface area contributed by atoms with Gasteiger partial charge in [-0.1, -0.05) is 0 Å². The summed E-state index contributed by atoms with van der Waals surface area (Å²) in [6.07, 6.45) is -1.08. The van der Waals surface area contributed by atoms with Gasteiger partial charge in [0.25, 0.3) is 0 Å². The van der Waals surface area contributed by atoms with Crippen molar-refractivity contribution in [2.24, 2.45) is 0 Å². The van der Waals surface area contributed by atoms with E-state index in [2.05, 4.69) is 5.32 Å². The summed E-state index contributed by atoms with van der Waals surface area (Å²) < 4.78 is 31.7. The van der Waals surface area contributed by atoms with E-state index in [0.717, 1.165) is 24.7 Å². The standard InChI is InChI=1S/C14H22F2N2O2/c1-18(2)6-8-20-7-5-17-10-14(19)12-9-11(15)3-4-13(12)16/h3-4,9,14,17,19H,5-8,10H2,1-2H3. The van der Waals surface area contributed by atoms with Gasteiger partial charge in [-0.25, -0.2) is 8.78 Å². The van der Waals surface area contributed by atoms with Gasteiger partial charge < -0.3 is 20.1 Å². The molecule has 0 amide bonds. The molecule has 0 fully saturated rings. The third-order valence-electron chi connectivity index (χ3n) is 2.76. The molecule has 4 nitrogen and oxygen atoms in total. The molecular formula is C14H22F2N2O2. The number of hydrogen-bond donors (Lipinski definition) is 2. The maximum absolute atomic E-state index is 13.4. The highest BCUT2D eigenvalue weighted by Crippen LogP contribution is 2.17. The molecule has 114 valence electrons. The molecule has 0 aliphatic heterocycles. The average Bonchev–Trinajstić information content (AvgIpc) is 2.39. The number of aliphatic hydroxyl groups is 1. The van der Waals surface area contributed by atoms with Crippen molar-refractivity contribution in [3.63, 3.8) is 0 Å². The van der Waals surface area contributed by atoms with E-state index >= 15 is 0 Å². The van der Waals surface area contributed by atoms with E-state index in [1.807, 2.05) is 19.0 Å². The number of nitrogens with zero attached hydrogens (tertiary/aromatic N) is 1. The molecule has 0 radical (unpaired) electrons. The van der Waals surface area contributed by atoms with Crippen molar-refractivity contribution in [1.29, 1.82) is 0 Å². The Hall–Kier alpha value is -1.08. The van der Waals surface area contributed by atoms with Gasteiger partial charge in [0.05, 0.1) is 19.3 Å². The highest BCUT2D eigenvalue weighted by Gasteiger charge is 2.13. The van der Waals surface area contributed by atoms with Crippen LogP contribution in [0.5, 0.6) is 0 Å². The summed E-state index contributed by atoms with van der Waals surface area (Å²) in [5, 5.41) is 12.7. The van der Waals surface area contributed by atoms with Crippen molar-refractivity contribution in [2.75, 3.05) is 46.9 Å². The fourth-order valence-corrected chi connectivity index (χ4v) is 1.61. The maximum Gasteiger partial charge on any atom is 0.129 e. The molecule has 0 heterocycles. The third-order valence-corrected chi connectivity index (χ3v) is 2.76. The number of benzene rings is 1. The fourth-order valence-electron chi connectivity index (χ4n) is 1.61. The summed E-state index contributed by atoms with van der Waals surface area (Å²) in [5.41, 5.74) is -0.0361. The zero-order valence-electron chi connectivity index (χ0n) is 11.9. The Morgan fingerprint density at radius 1 is 1.30 bits per heavy atom. The number of ether oxygens (including phenoxy) is 1. The maximum atomic E-state index is 13.4. The van der Waals surface area contributed by atoms with Crippen LogP contribution in [-0.2, 0) is 4.74 Å². The highest BCUT2D eigenvalue weighted by atomic mass is 19.1. The van der Waals surface area contributed by atoms with Crippen LogP contribution in [0.25, 0.3) is 0 Å². The lowest BCUT2D eigenvalue weighted by molar-refractivity contribution is 0.113. The molecule has 1 aromatic rings. The summed E-state index contributed by atoms with van der Waals surface area (Å²) in [6, 6.07) is 3.05. The summed E-state index contributed by atoms with van der Waals surface area (Å²) in [7, 11) is 3.93. The number of halogens is 2. The molecule has 0 aliphatic rings. The molecule has 0 bridgehead atoms. The summed E-state index contributed by atoms with van der Waals surface area (Å²) in [5.74, 6) is -1.17. The first kappa shape index (κ1) is 17.0. The number of aliphatic hydroxyl groups excluding tert-OH is 1. The van der Waals surface area contributed by atoms with Gasteiger partial charge in [0.15, 0.2) is 0 Å². The van der Waals surface area contributed by atoms with Crippen LogP contribution < -0.4 is 5.32 Å². The molecular weight excluding hydrogens is 266 g/mol. The van der Waals surface area contributed by atoms with Gasteiger partial charge in [-0.3, -0.25) is 0 Å². The van der Waals surface area contributed by atoms with Gasteiger partial charge in [0.1, 0.15) is 11.6 Å². The second-order valence-electron chi connectivity index (χ2n) is 4.80. The van der Waals surface area contributed by atoms with Crippen LogP contribution in [-0.4, -0.2) is 56.9 Å². The van der Waals surface area contributed by atoms with Crippen molar-refractivity contribution < 1.29 is 18.6 Å². The summed E-state index contributed by atoms with van der Waals surface area (Å²) in [4.78, 5) is 2.02. The van der Waals surface area contributed by atoms with E-state index in [4.69, 9.17) is 4.74 Å². The quantitative estimate of drug-likeness (QED) is 0.670. The van der Waals surface area contributed by atoms with Gasteiger partial charge in [-0.05, 0) is 32.3 Å². The van der Waals surface area contributed by atoms with Crippen LogP contribution in [0.3, 0.4) is 0 Å². The van der Waals surface area contributed by atoms with Crippen molar-refractivity contribution in [3.05, 3.63) is 35.4 Å². The SMILES string of the molecule is CN(C)CCOCCNCC(O)c1cc(F)ccc1F. The van der Waals surface area contributed by atoms with Crippen LogP contribution >= 0.6 is 0 Å². The Morgan fingerprint density at radius 2 is 2.05 bits per heavy atom. The lowest BCUT2D eigenvalue weighted by atomic mass is 10.1. The third kappa shape index (κ3) is 6.38. The van der Waals surface area contributed by atoms with Crippen LogP contribution in [0.2, 0.25) is 0 Å². The Morgan fingerprint density at radius 3 is 2.75 bits per heavy atom. The van der Waals surface area contributed by atoms with Crippen molar-refractivity contribution in [1.82, 2.24) is 10.2 Å². The lowest BCUT2D eigenvalue weighted by Gasteiger charge is -2.14. The smallest absolute Gasteiger partial charge is 0.129 e. The Labute approximate surface area is 118 Å². The van der Waals surface area contributed by atoms with E-state index in [-0.39, 0.29) is 12.1 Å². The lowest BCUT2D eigenvalue weighted by Crippen LogP contribution is -2.27. The first-order valence-electron chi connectivity index (χ1n) is 6.57. The van der Waals surface area contributed by atoms with Crippen molar-refractivity contribution >= 4 is 0 Å². The topological polar surface area (TPSA) is 44.7 Å². The first-order chi connectivity index (χ1) is 9.50. The fraction of sp³-hybridized carbons (Fsp3) is 0.571. The zero-order valence-corrected chi connectivity index (χ0v) is 11.9. The largest absolute Gasteiger partial charge is 0.387 e.